The molecule has 0 saturated carbocycles. The van der Waals surface area contributed by atoms with Crippen LogP contribution < -0.4 is 4.90 Å². The number of rotatable bonds is 5. The van der Waals surface area contributed by atoms with Gasteiger partial charge in [-0.2, -0.15) is 0 Å². The summed E-state index contributed by atoms with van der Waals surface area (Å²) in [7, 11) is 0. The molecule has 0 aromatic heterocycles. The first-order valence-corrected chi connectivity index (χ1v) is 22.3. The van der Waals surface area contributed by atoms with Crippen LogP contribution in [0.1, 0.15) is 22.3 Å². The Labute approximate surface area is 372 Å². The second kappa shape index (κ2) is 13.4. The molecule has 1 heteroatoms. The predicted molar refractivity (Wildman–Crippen MR) is 268 cm³/mol. The van der Waals surface area contributed by atoms with E-state index in [1.54, 1.807) is 0 Å². The number of nitrogens with zero attached hydrogens (tertiary/aromatic N) is 1. The highest BCUT2D eigenvalue weighted by Gasteiger charge is 2.53. The zero-order valence-electron chi connectivity index (χ0n) is 35.0. The lowest BCUT2D eigenvalue weighted by atomic mass is 9.70. The average molecular weight is 810 g/mol. The molecule has 0 saturated heterocycles. The first kappa shape index (κ1) is 35.3. The van der Waals surface area contributed by atoms with Gasteiger partial charge >= 0.3 is 0 Å². The van der Waals surface area contributed by atoms with E-state index >= 15 is 0 Å². The van der Waals surface area contributed by atoms with Gasteiger partial charge in [0.05, 0.1) is 5.41 Å². The Bertz CT molecular complexity index is 3710. The van der Waals surface area contributed by atoms with E-state index in [9.17, 15) is 0 Å². The van der Waals surface area contributed by atoms with Crippen molar-refractivity contribution in [2.75, 3.05) is 4.90 Å². The van der Waals surface area contributed by atoms with Crippen LogP contribution in [-0.4, -0.2) is 0 Å². The van der Waals surface area contributed by atoms with Gasteiger partial charge in [-0.25, -0.2) is 0 Å². The van der Waals surface area contributed by atoms with Gasteiger partial charge in [-0.05, 0) is 153 Å². The molecule has 1 unspecified atom stereocenters. The number of fused-ring (bicyclic) bond motifs is 15. The van der Waals surface area contributed by atoms with E-state index in [2.05, 4.69) is 241 Å². The zero-order chi connectivity index (χ0) is 41.9. The molecule has 11 aromatic carbocycles. The van der Waals surface area contributed by atoms with Gasteiger partial charge in [-0.1, -0.05) is 194 Å². The lowest BCUT2D eigenvalue weighted by molar-refractivity contribution is 0.794. The summed E-state index contributed by atoms with van der Waals surface area (Å²) in [4.78, 5) is 2.45. The van der Waals surface area contributed by atoms with Crippen molar-refractivity contribution in [3.8, 4) is 66.8 Å². The maximum atomic E-state index is 2.57. The van der Waals surface area contributed by atoms with E-state index in [1.807, 2.05) is 0 Å². The fraction of sp³-hybridized carbons (Fsp3) is 0.0159. The van der Waals surface area contributed by atoms with Crippen molar-refractivity contribution in [1.29, 1.82) is 0 Å². The normalized spacial score (nSPS) is 14.6. The van der Waals surface area contributed by atoms with Crippen molar-refractivity contribution in [1.82, 2.24) is 0 Å². The van der Waals surface area contributed by atoms with E-state index in [0.29, 0.717) is 0 Å². The molecule has 11 aromatic rings. The molecule has 0 amide bonds. The summed E-state index contributed by atoms with van der Waals surface area (Å²) in [6, 6.07) is 88.3. The molecule has 1 spiro atoms. The summed E-state index contributed by atoms with van der Waals surface area (Å²) in [6.45, 7) is 0. The SMILES string of the molecule is c1ccc(-c2ccc(N(c3ccc(-c4cccc5ccccc45)cc3)c3ccc4c(c3)C3(c5ccccc5-4)c4ccccc4-c4c3cc3c5c(cccc45)-c4ccccc4-3)cc2)cc1. The zero-order valence-corrected chi connectivity index (χ0v) is 35.0. The molecule has 3 aliphatic rings. The first-order chi connectivity index (χ1) is 31.8. The topological polar surface area (TPSA) is 3.24 Å². The van der Waals surface area contributed by atoms with Crippen molar-refractivity contribution in [3.63, 3.8) is 0 Å². The Balaban J connectivity index is 1.01. The minimum absolute atomic E-state index is 0.521. The van der Waals surface area contributed by atoms with Gasteiger partial charge in [-0.3, -0.25) is 0 Å². The molecule has 0 fully saturated rings. The fourth-order valence-corrected chi connectivity index (χ4v) is 11.8. The summed E-state index contributed by atoms with van der Waals surface area (Å²) in [5, 5.41) is 5.21. The molecule has 0 N–H and O–H groups in total. The summed E-state index contributed by atoms with van der Waals surface area (Å²) >= 11 is 0. The molecule has 1 atom stereocenters. The molecule has 14 rings (SSSR count). The molecular formula is C63H39N. The molecule has 3 aliphatic carbocycles. The van der Waals surface area contributed by atoms with Crippen LogP contribution in [0.2, 0.25) is 0 Å². The predicted octanol–water partition coefficient (Wildman–Crippen LogP) is 16.8. The quantitative estimate of drug-likeness (QED) is 0.167. The Kier molecular flexibility index (Phi) is 7.38. The molecule has 1 nitrogen and oxygen atoms in total. The van der Waals surface area contributed by atoms with E-state index in [4.69, 9.17) is 0 Å². The van der Waals surface area contributed by atoms with Crippen molar-refractivity contribution in [2.24, 2.45) is 0 Å². The van der Waals surface area contributed by atoms with Crippen LogP contribution in [0.3, 0.4) is 0 Å². The molecule has 296 valence electrons. The number of hydrogen-bond donors (Lipinski definition) is 0. The third kappa shape index (κ3) is 4.79. The average Bonchev–Trinajstić information content (AvgIpc) is 3.97. The van der Waals surface area contributed by atoms with Crippen LogP contribution in [0.4, 0.5) is 17.1 Å². The molecular weight excluding hydrogens is 771 g/mol. The van der Waals surface area contributed by atoms with Gasteiger partial charge in [0.15, 0.2) is 0 Å². The Hall–Kier alpha value is -8.26. The van der Waals surface area contributed by atoms with Gasteiger partial charge in [0.1, 0.15) is 0 Å². The summed E-state index contributed by atoms with van der Waals surface area (Å²) in [5.41, 5.74) is 23.6. The minimum Gasteiger partial charge on any atom is -0.310 e. The van der Waals surface area contributed by atoms with Crippen molar-refractivity contribution in [2.45, 2.75) is 5.41 Å². The lowest BCUT2D eigenvalue weighted by Crippen LogP contribution is -2.26. The van der Waals surface area contributed by atoms with Gasteiger partial charge in [-0.15, -0.1) is 0 Å². The fourth-order valence-electron chi connectivity index (χ4n) is 11.8. The highest BCUT2D eigenvalue weighted by Crippen LogP contribution is 2.66. The van der Waals surface area contributed by atoms with Crippen LogP contribution in [0.15, 0.2) is 237 Å². The Morgan fingerprint density at radius 2 is 0.781 bits per heavy atom. The van der Waals surface area contributed by atoms with Gasteiger partial charge in [0.25, 0.3) is 0 Å². The van der Waals surface area contributed by atoms with Gasteiger partial charge in [0.2, 0.25) is 0 Å². The van der Waals surface area contributed by atoms with Crippen LogP contribution >= 0.6 is 0 Å². The van der Waals surface area contributed by atoms with Crippen molar-refractivity contribution in [3.05, 3.63) is 259 Å². The number of anilines is 3. The second-order valence-corrected chi connectivity index (χ2v) is 17.5. The van der Waals surface area contributed by atoms with E-state index in [0.717, 1.165) is 17.1 Å². The highest BCUT2D eigenvalue weighted by atomic mass is 15.1. The summed E-state index contributed by atoms with van der Waals surface area (Å²) in [5.74, 6) is 0. The number of benzene rings is 11. The third-order valence-electron chi connectivity index (χ3n) is 14.4. The maximum absolute atomic E-state index is 2.57. The maximum Gasteiger partial charge on any atom is 0.0726 e. The van der Waals surface area contributed by atoms with Crippen LogP contribution in [-0.2, 0) is 5.41 Å². The van der Waals surface area contributed by atoms with Crippen molar-refractivity contribution >= 4 is 38.6 Å². The van der Waals surface area contributed by atoms with Crippen LogP contribution in [0.5, 0.6) is 0 Å². The molecule has 0 radical (unpaired) electrons. The van der Waals surface area contributed by atoms with Gasteiger partial charge < -0.3 is 4.90 Å². The third-order valence-corrected chi connectivity index (χ3v) is 14.4. The highest BCUT2D eigenvalue weighted by molar-refractivity contribution is 6.21. The van der Waals surface area contributed by atoms with Crippen LogP contribution in [0, 0.1) is 0 Å². The number of hydrogen-bond acceptors (Lipinski definition) is 1. The van der Waals surface area contributed by atoms with E-state index in [-0.39, 0.29) is 0 Å². The van der Waals surface area contributed by atoms with Gasteiger partial charge in [0, 0.05) is 17.1 Å². The standard InChI is InChI=1S/C63H39N/c1-2-14-40(15-3-1)41-28-32-44(33-29-41)64(45-34-30-43(31-35-45)48-23-12-17-42-16-4-5-18-47(42)48)46-36-37-52-51-21-8-10-26-57(51)63(59(52)38-46)58-27-11-9-22-54(58)62-55-25-13-24-53-49-19-6-7-20-50(49)56(61(53)55)39-60(62)63/h1-39H. The lowest BCUT2D eigenvalue weighted by Gasteiger charge is -2.32. The second-order valence-electron chi connectivity index (χ2n) is 17.5. The summed E-state index contributed by atoms with van der Waals surface area (Å²) < 4.78 is 0. The van der Waals surface area contributed by atoms with E-state index < -0.39 is 5.41 Å². The Morgan fingerprint density at radius 1 is 0.266 bits per heavy atom. The summed E-state index contributed by atoms with van der Waals surface area (Å²) in [6.07, 6.45) is 0. The smallest absolute Gasteiger partial charge is 0.0726 e. The minimum atomic E-state index is -0.521. The first-order valence-electron chi connectivity index (χ1n) is 22.3. The van der Waals surface area contributed by atoms with E-state index in [1.165, 1.54) is 111 Å². The van der Waals surface area contributed by atoms with Crippen LogP contribution in [0.25, 0.3) is 88.3 Å². The van der Waals surface area contributed by atoms with Crippen molar-refractivity contribution < 1.29 is 0 Å². The largest absolute Gasteiger partial charge is 0.310 e. The molecule has 0 heterocycles. The molecule has 0 aliphatic heterocycles. The monoisotopic (exact) mass is 809 g/mol. The molecule has 64 heavy (non-hydrogen) atoms. The Morgan fingerprint density at radius 3 is 1.56 bits per heavy atom. The molecule has 0 bridgehead atoms.